The van der Waals surface area contributed by atoms with Gasteiger partial charge < -0.3 is 0 Å². The molecule has 0 rings (SSSR count). The van der Waals surface area contributed by atoms with Crippen molar-refractivity contribution < 1.29 is 26.3 Å². The first-order valence-corrected chi connectivity index (χ1v) is 3.95. The van der Waals surface area contributed by atoms with Crippen molar-refractivity contribution in [3.8, 4) is 0 Å². The minimum absolute atomic E-state index is 1.17. The SMILES string of the molecule is FCC(F)(F)N(C(=S)S)C(F)(F)CF. The largest absolute Gasteiger partial charge is 0.359 e. The van der Waals surface area contributed by atoms with Gasteiger partial charge in [-0.25, -0.2) is 13.7 Å². The van der Waals surface area contributed by atoms with Crippen LogP contribution in [0.15, 0.2) is 0 Å². The fourth-order valence-corrected chi connectivity index (χ4v) is 1.20. The number of nitrogens with zero attached hydrogens (tertiary/aromatic N) is 1. The van der Waals surface area contributed by atoms with Crippen LogP contribution in [0, 0.1) is 0 Å². The van der Waals surface area contributed by atoms with E-state index >= 15 is 0 Å². The molecule has 9 heteroatoms. The van der Waals surface area contributed by atoms with Gasteiger partial charge in [0.15, 0.2) is 13.3 Å². The highest BCUT2D eigenvalue weighted by atomic mass is 32.1. The molecule has 0 aromatic heterocycles. The molecule has 0 fully saturated rings. The van der Waals surface area contributed by atoms with Crippen LogP contribution in [-0.4, -0.2) is 34.7 Å². The fraction of sp³-hybridized carbons (Fsp3) is 0.800. The van der Waals surface area contributed by atoms with Crippen molar-refractivity contribution >= 4 is 29.2 Å². The third-order valence-electron chi connectivity index (χ3n) is 1.17. The Morgan fingerprint density at radius 2 is 1.36 bits per heavy atom. The van der Waals surface area contributed by atoms with E-state index in [4.69, 9.17) is 0 Å². The second kappa shape index (κ2) is 4.56. The molecule has 0 aliphatic rings. The molecule has 14 heavy (non-hydrogen) atoms. The molecule has 0 radical (unpaired) electrons. The van der Waals surface area contributed by atoms with Crippen LogP contribution in [0.25, 0.3) is 0 Å². The first-order chi connectivity index (χ1) is 6.19. The summed E-state index contributed by atoms with van der Waals surface area (Å²) in [4.78, 5) is -1.17. The minimum atomic E-state index is -4.57. The summed E-state index contributed by atoms with van der Waals surface area (Å²) in [6.45, 7) is -4.83. The van der Waals surface area contributed by atoms with Crippen molar-refractivity contribution in [3.63, 3.8) is 0 Å². The number of hydrogen-bond donors (Lipinski definition) is 1. The van der Waals surface area contributed by atoms with E-state index in [9.17, 15) is 26.3 Å². The van der Waals surface area contributed by atoms with Crippen LogP contribution < -0.4 is 0 Å². The number of hydrogen-bond acceptors (Lipinski definition) is 1. The molecular weight excluding hydrogens is 252 g/mol. The van der Waals surface area contributed by atoms with Crippen LogP contribution >= 0.6 is 24.8 Å². The molecule has 0 atom stereocenters. The van der Waals surface area contributed by atoms with E-state index in [1.807, 2.05) is 0 Å². The second-order valence-corrected chi connectivity index (χ2v) is 3.33. The molecule has 0 spiro atoms. The van der Waals surface area contributed by atoms with Crippen molar-refractivity contribution in [2.45, 2.75) is 12.1 Å². The molecule has 0 heterocycles. The Balaban J connectivity index is 5.06. The molecule has 0 aliphatic heterocycles. The van der Waals surface area contributed by atoms with Gasteiger partial charge in [0.2, 0.25) is 0 Å². The molecule has 0 amide bonds. The lowest BCUT2D eigenvalue weighted by Crippen LogP contribution is -2.56. The standard InChI is InChI=1S/C5H5F6NS2/c6-1-4(8,9)12(3(13)14)5(10,11)2-7/h1-2H2,(H,13,14). The number of thiocarbonyl (C=S) groups is 1. The summed E-state index contributed by atoms with van der Waals surface area (Å²) in [6.07, 6.45) is 0. The molecule has 84 valence electrons. The van der Waals surface area contributed by atoms with E-state index < -0.39 is 34.7 Å². The Kier molecular flexibility index (Phi) is 4.50. The number of thiol groups is 1. The Bertz CT molecular complexity index is 204. The van der Waals surface area contributed by atoms with Crippen molar-refractivity contribution in [1.82, 2.24) is 4.90 Å². The van der Waals surface area contributed by atoms with E-state index in [0.717, 1.165) is 0 Å². The lowest BCUT2D eigenvalue weighted by atomic mass is 10.4. The third-order valence-corrected chi connectivity index (χ3v) is 1.55. The maximum absolute atomic E-state index is 12.5. The molecule has 0 bridgehead atoms. The van der Waals surface area contributed by atoms with Crippen LogP contribution in [0.2, 0.25) is 0 Å². The predicted octanol–water partition coefficient (Wildman–Crippen LogP) is 2.63. The van der Waals surface area contributed by atoms with E-state index in [-0.39, 0.29) is 0 Å². The first kappa shape index (κ1) is 13.8. The highest BCUT2D eigenvalue weighted by Gasteiger charge is 2.52. The van der Waals surface area contributed by atoms with E-state index in [1.54, 1.807) is 0 Å². The Morgan fingerprint density at radius 3 is 1.50 bits per heavy atom. The summed E-state index contributed by atoms with van der Waals surface area (Å²) in [6, 6.07) is -9.15. The zero-order chi connectivity index (χ0) is 11.6. The van der Waals surface area contributed by atoms with Crippen LogP contribution in [0.4, 0.5) is 26.3 Å². The van der Waals surface area contributed by atoms with Gasteiger partial charge in [0.05, 0.1) is 0 Å². The molecule has 0 aromatic rings. The van der Waals surface area contributed by atoms with Gasteiger partial charge in [-0.3, -0.25) is 0 Å². The van der Waals surface area contributed by atoms with E-state index in [1.165, 1.54) is 0 Å². The molecule has 0 N–H and O–H groups in total. The lowest BCUT2D eigenvalue weighted by Gasteiger charge is -2.34. The highest BCUT2D eigenvalue weighted by molar-refractivity contribution is 8.10. The van der Waals surface area contributed by atoms with Gasteiger partial charge in [-0.05, 0) is 0 Å². The second-order valence-electron chi connectivity index (χ2n) is 2.22. The predicted molar refractivity (Wildman–Crippen MR) is 45.3 cm³/mol. The van der Waals surface area contributed by atoms with Crippen LogP contribution in [0.3, 0.4) is 0 Å². The third kappa shape index (κ3) is 2.91. The van der Waals surface area contributed by atoms with Crippen molar-refractivity contribution in [2.75, 3.05) is 13.3 Å². The summed E-state index contributed by atoms with van der Waals surface area (Å²) in [7, 11) is 0. The van der Waals surface area contributed by atoms with E-state index in [0.29, 0.717) is 0 Å². The summed E-state index contributed by atoms with van der Waals surface area (Å²) >= 11 is 6.99. The van der Waals surface area contributed by atoms with Gasteiger partial charge in [0.1, 0.15) is 4.32 Å². The van der Waals surface area contributed by atoms with Gasteiger partial charge in [-0.1, -0.05) is 12.2 Å². The maximum Gasteiger partial charge on any atom is 0.359 e. The number of rotatable bonds is 4. The topological polar surface area (TPSA) is 3.24 Å². The Labute approximate surface area is 86.5 Å². The lowest BCUT2D eigenvalue weighted by molar-refractivity contribution is -0.245. The monoisotopic (exact) mass is 257 g/mol. The van der Waals surface area contributed by atoms with Gasteiger partial charge >= 0.3 is 12.1 Å². The highest BCUT2D eigenvalue weighted by Crippen LogP contribution is 2.33. The molecule has 1 nitrogen and oxygen atoms in total. The van der Waals surface area contributed by atoms with Gasteiger partial charge in [-0.15, -0.1) is 12.6 Å². The maximum atomic E-state index is 12.5. The van der Waals surface area contributed by atoms with E-state index in [2.05, 4.69) is 24.8 Å². The zero-order valence-corrected chi connectivity index (χ0v) is 8.20. The summed E-state index contributed by atoms with van der Waals surface area (Å²) in [5.41, 5.74) is 0. The van der Waals surface area contributed by atoms with Crippen molar-refractivity contribution in [1.29, 1.82) is 0 Å². The summed E-state index contributed by atoms with van der Waals surface area (Å²) < 4.78 is 72.2. The molecule has 0 aromatic carbocycles. The van der Waals surface area contributed by atoms with Crippen molar-refractivity contribution in [2.24, 2.45) is 0 Å². The molecule has 0 aliphatic carbocycles. The Hall–Kier alpha value is -0.180. The normalized spacial score (nSPS) is 12.8. The zero-order valence-electron chi connectivity index (χ0n) is 6.48. The van der Waals surface area contributed by atoms with Crippen LogP contribution in [0.1, 0.15) is 0 Å². The van der Waals surface area contributed by atoms with Crippen LogP contribution in [-0.2, 0) is 0 Å². The summed E-state index contributed by atoms with van der Waals surface area (Å²) in [5.74, 6) is 0. The van der Waals surface area contributed by atoms with Crippen LogP contribution in [0.5, 0.6) is 0 Å². The first-order valence-electron chi connectivity index (χ1n) is 3.10. The van der Waals surface area contributed by atoms with Gasteiger partial charge in [0, 0.05) is 0 Å². The van der Waals surface area contributed by atoms with Crippen molar-refractivity contribution in [3.05, 3.63) is 0 Å². The minimum Gasteiger partial charge on any atom is -0.242 e. The molecule has 0 unspecified atom stereocenters. The van der Waals surface area contributed by atoms with Gasteiger partial charge in [-0.2, -0.15) is 17.6 Å². The average molecular weight is 257 g/mol. The quantitative estimate of drug-likeness (QED) is 0.357. The summed E-state index contributed by atoms with van der Waals surface area (Å²) in [5, 5.41) is 0. The number of halogens is 6. The average Bonchev–Trinajstić information content (AvgIpc) is 2.02. The fourth-order valence-electron chi connectivity index (χ4n) is 0.639. The molecular formula is C5H5F6NS2. The Morgan fingerprint density at radius 1 is 1.07 bits per heavy atom. The number of alkyl halides is 6. The van der Waals surface area contributed by atoms with Gasteiger partial charge in [0.25, 0.3) is 0 Å². The smallest absolute Gasteiger partial charge is 0.242 e. The molecule has 0 saturated heterocycles. The molecule has 0 saturated carbocycles.